The third kappa shape index (κ3) is 1.47. The Kier molecular flexibility index (Phi) is 2.15. The van der Waals surface area contributed by atoms with Crippen LogP contribution in [0.15, 0.2) is 0 Å². The van der Waals surface area contributed by atoms with Gasteiger partial charge in [0.1, 0.15) is 0 Å². The van der Waals surface area contributed by atoms with Crippen molar-refractivity contribution < 1.29 is 9.90 Å². The van der Waals surface area contributed by atoms with Gasteiger partial charge < -0.3 is 10.0 Å². The molecule has 1 heterocycles. The molecule has 1 rings (SSSR count). The molecular formula is C5H8INO2. The summed E-state index contributed by atoms with van der Waals surface area (Å²) >= 11 is 2.28. The van der Waals surface area contributed by atoms with Gasteiger partial charge in [-0.1, -0.05) is 22.6 Å². The first-order valence-electron chi connectivity index (χ1n) is 2.78. The van der Waals surface area contributed by atoms with Gasteiger partial charge in [0.05, 0.1) is 0 Å². The minimum Gasteiger partial charge on any atom is -0.465 e. The molecule has 0 spiro atoms. The molecule has 1 amide bonds. The molecule has 0 aromatic carbocycles. The summed E-state index contributed by atoms with van der Waals surface area (Å²) in [7, 11) is 0. The first kappa shape index (κ1) is 7.11. The van der Waals surface area contributed by atoms with Gasteiger partial charge in [-0.15, -0.1) is 0 Å². The number of halogens is 1. The predicted octanol–water partition coefficient (Wildman–Crippen LogP) is 1.03. The van der Waals surface area contributed by atoms with E-state index in [4.69, 9.17) is 5.11 Å². The second-order valence-electron chi connectivity index (χ2n) is 2.21. The van der Waals surface area contributed by atoms with Crippen molar-refractivity contribution >= 4 is 28.7 Å². The number of alkyl halides is 1. The fourth-order valence-corrected chi connectivity index (χ4v) is 1.38. The molecule has 0 saturated carbocycles. The number of carbonyl (C=O) groups is 1. The largest absolute Gasteiger partial charge is 0.465 e. The Morgan fingerprint density at radius 2 is 2.33 bits per heavy atom. The van der Waals surface area contributed by atoms with E-state index in [2.05, 4.69) is 22.6 Å². The maximum Gasteiger partial charge on any atom is 0.407 e. The molecule has 0 aliphatic carbocycles. The summed E-state index contributed by atoms with van der Waals surface area (Å²) in [5, 5.41) is 8.37. The average Bonchev–Trinajstić information content (AvgIpc) is 1.61. The van der Waals surface area contributed by atoms with E-state index in [1.54, 1.807) is 0 Å². The quantitative estimate of drug-likeness (QED) is 0.550. The van der Waals surface area contributed by atoms with Gasteiger partial charge in [-0.2, -0.15) is 0 Å². The lowest BCUT2D eigenvalue weighted by Gasteiger charge is -2.35. The lowest BCUT2D eigenvalue weighted by Crippen LogP contribution is -2.49. The summed E-state index contributed by atoms with van der Waals surface area (Å²) in [5.41, 5.74) is 0. The van der Waals surface area contributed by atoms with Crippen LogP contribution in [-0.2, 0) is 0 Å². The Balaban J connectivity index is 2.19. The number of rotatable bonds is 1. The van der Waals surface area contributed by atoms with Gasteiger partial charge in [0.25, 0.3) is 0 Å². The van der Waals surface area contributed by atoms with E-state index in [-0.39, 0.29) is 0 Å². The summed E-state index contributed by atoms with van der Waals surface area (Å²) in [6, 6.07) is 0. The molecule has 52 valence electrons. The Morgan fingerprint density at radius 3 is 2.67 bits per heavy atom. The van der Waals surface area contributed by atoms with Crippen LogP contribution in [0.25, 0.3) is 0 Å². The van der Waals surface area contributed by atoms with Crippen LogP contribution < -0.4 is 0 Å². The van der Waals surface area contributed by atoms with Crippen LogP contribution in [0.1, 0.15) is 0 Å². The van der Waals surface area contributed by atoms with Gasteiger partial charge in [-0.25, -0.2) is 4.79 Å². The highest BCUT2D eigenvalue weighted by Crippen LogP contribution is 2.16. The number of hydrogen-bond acceptors (Lipinski definition) is 1. The van der Waals surface area contributed by atoms with E-state index in [0.29, 0.717) is 5.92 Å². The first-order valence-corrected chi connectivity index (χ1v) is 4.30. The van der Waals surface area contributed by atoms with Crippen molar-refractivity contribution in [3.63, 3.8) is 0 Å². The SMILES string of the molecule is O=C(O)N1CC(CI)C1. The molecular weight excluding hydrogens is 233 g/mol. The molecule has 1 N–H and O–H groups in total. The van der Waals surface area contributed by atoms with E-state index < -0.39 is 6.09 Å². The molecule has 1 aliphatic rings. The maximum atomic E-state index is 10.2. The summed E-state index contributed by atoms with van der Waals surface area (Å²) < 4.78 is 1.07. The van der Waals surface area contributed by atoms with Gasteiger partial charge in [0.15, 0.2) is 0 Å². The Morgan fingerprint density at radius 1 is 1.78 bits per heavy atom. The standard InChI is InChI=1S/C5H8INO2/c6-1-4-2-7(3-4)5(8)9/h4H,1-3H2,(H,8,9). The van der Waals surface area contributed by atoms with Gasteiger partial charge >= 0.3 is 6.09 Å². The number of nitrogens with zero attached hydrogens (tertiary/aromatic N) is 1. The van der Waals surface area contributed by atoms with Gasteiger partial charge in [0.2, 0.25) is 0 Å². The summed E-state index contributed by atoms with van der Waals surface area (Å²) in [6.45, 7) is 1.47. The average molecular weight is 241 g/mol. The van der Waals surface area contributed by atoms with Crippen LogP contribution in [0, 0.1) is 5.92 Å². The van der Waals surface area contributed by atoms with Crippen molar-refractivity contribution in [2.75, 3.05) is 17.5 Å². The van der Waals surface area contributed by atoms with E-state index >= 15 is 0 Å². The van der Waals surface area contributed by atoms with Crippen LogP contribution in [0.3, 0.4) is 0 Å². The molecule has 0 aromatic rings. The highest BCUT2D eigenvalue weighted by molar-refractivity contribution is 14.1. The number of carboxylic acid groups (broad SMARTS) is 1. The Labute approximate surface area is 67.2 Å². The zero-order valence-corrected chi connectivity index (χ0v) is 7.04. The molecule has 1 aliphatic heterocycles. The molecule has 0 radical (unpaired) electrons. The predicted molar refractivity (Wildman–Crippen MR) is 42.0 cm³/mol. The monoisotopic (exact) mass is 241 g/mol. The normalized spacial score (nSPS) is 19.4. The fourth-order valence-electron chi connectivity index (χ4n) is 0.824. The molecule has 0 bridgehead atoms. The smallest absolute Gasteiger partial charge is 0.407 e. The number of hydrogen-bond donors (Lipinski definition) is 1. The lowest BCUT2D eigenvalue weighted by atomic mass is 10.0. The number of amides is 1. The van der Waals surface area contributed by atoms with Crippen LogP contribution in [-0.4, -0.2) is 33.6 Å². The molecule has 1 saturated heterocycles. The molecule has 9 heavy (non-hydrogen) atoms. The highest BCUT2D eigenvalue weighted by Gasteiger charge is 2.28. The summed E-state index contributed by atoms with van der Waals surface area (Å²) in [4.78, 5) is 11.6. The van der Waals surface area contributed by atoms with E-state index in [9.17, 15) is 4.79 Å². The highest BCUT2D eigenvalue weighted by atomic mass is 127. The third-order valence-electron chi connectivity index (χ3n) is 1.45. The van der Waals surface area contributed by atoms with Crippen LogP contribution in [0.2, 0.25) is 0 Å². The second-order valence-corrected chi connectivity index (χ2v) is 3.09. The minimum absolute atomic E-state index is 0.613. The molecule has 3 nitrogen and oxygen atoms in total. The molecule has 0 atom stereocenters. The van der Waals surface area contributed by atoms with Crippen molar-refractivity contribution in [3.05, 3.63) is 0 Å². The molecule has 1 fully saturated rings. The molecule has 0 unspecified atom stereocenters. The lowest BCUT2D eigenvalue weighted by molar-refractivity contribution is 0.0910. The van der Waals surface area contributed by atoms with Crippen LogP contribution in [0.4, 0.5) is 4.79 Å². The van der Waals surface area contributed by atoms with Gasteiger partial charge in [-0.05, 0) is 0 Å². The van der Waals surface area contributed by atoms with E-state index in [1.165, 1.54) is 4.90 Å². The van der Waals surface area contributed by atoms with Crippen molar-refractivity contribution in [2.45, 2.75) is 0 Å². The zero-order valence-electron chi connectivity index (χ0n) is 4.88. The Hall–Kier alpha value is 0. The van der Waals surface area contributed by atoms with Crippen molar-refractivity contribution in [1.82, 2.24) is 4.90 Å². The maximum absolute atomic E-state index is 10.2. The summed E-state index contributed by atoms with van der Waals surface area (Å²) in [6.07, 6.45) is -0.781. The van der Waals surface area contributed by atoms with E-state index in [0.717, 1.165) is 17.5 Å². The third-order valence-corrected chi connectivity index (χ3v) is 2.69. The van der Waals surface area contributed by atoms with Gasteiger partial charge in [0, 0.05) is 23.4 Å². The van der Waals surface area contributed by atoms with Crippen molar-refractivity contribution in [1.29, 1.82) is 0 Å². The van der Waals surface area contributed by atoms with E-state index in [1.807, 2.05) is 0 Å². The second kappa shape index (κ2) is 2.72. The zero-order chi connectivity index (χ0) is 6.85. The van der Waals surface area contributed by atoms with Crippen molar-refractivity contribution in [3.8, 4) is 0 Å². The fraction of sp³-hybridized carbons (Fsp3) is 0.800. The van der Waals surface area contributed by atoms with Crippen molar-refractivity contribution in [2.24, 2.45) is 5.92 Å². The summed E-state index contributed by atoms with van der Waals surface area (Å²) in [5.74, 6) is 0.613. The Bertz CT molecular complexity index is 122. The van der Waals surface area contributed by atoms with Crippen LogP contribution >= 0.6 is 22.6 Å². The van der Waals surface area contributed by atoms with Gasteiger partial charge in [-0.3, -0.25) is 0 Å². The first-order chi connectivity index (χ1) is 4.24. The molecule has 0 aromatic heterocycles. The topological polar surface area (TPSA) is 40.5 Å². The number of likely N-dealkylation sites (tertiary alicyclic amines) is 1. The molecule has 4 heteroatoms. The minimum atomic E-state index is -0.781. The van der Waals surface area contributed by atoms with Crippen LogP contribution in [0.5, 0.6) is 0 Å².